The smallest absolute Gasteiger partial charge is 0.329 e. The Morgan fingerprint density at radius 3 is 2.96 bits per heavy atom. The first-order valence-corrected chi connectivity index (χ1v) is 9.92. The highest BCUT2D eigenvalue weighted by atomic mass is 16.5. The minimum atomic E-state index is -0.925. The van der Waals surface area contributed by atoms with Gasteiger partial charge >= 0.3 is 5.97 Å². The van der Waals surface area contributed by atoms with Gasteiger partial charge in [0.1, 0.15) is 6.61 Å². The maximum atomic E-state index is 10.5. The summed E-state index contributed by atoms with van der Waals surface area (Å²) in [5, 5.41) is 19.1. The first kappa shape index (κ1) is 19.8. The lowest BCUT2D eigenvalue weighted by Crippen LogP contribution is -2.17. The molecule has 2 aliphatic rings. The van der Waals surface area contributed by atoms with E-state index >= 15 is 0 Å². The second-order valence-corrected chi connectivity index (χ2v) is 7.89. The normalized spacial score (nSPS) is 27.1. The van der Waals surface area contributed by atoms with Crippen molar-refractivity contribution in [3.8, 4) is 0 Å². The highest BCUT2D eigenvalue weighted by Gasteiger charge is 2.43. The van der Waals surface area contributed by atoms with E-state index in [1.54, 1.807) is 0 Å². The predicted molar refractivity (Wildman–Crippen MR) is 106 cm³/mol. The molecular weight excluding hydrogens is 340 g/mol. The Balaban J connectivity index is 1.46. The van der Waals surface area contributed by atoms with Gasteiger partial charge < -0.3 is 14.9 Å². The number of fused-ring (bicyclic) bond motifs is 1. The summed E-state index contributed by atoms with van der Waals surface area (Å²) in [5.74, 6) is 0.220. The number of benzene rings is 1. The Bertz CT molecular complexity index is 706. The number of rotatable bonds is 9. The van der Waals surface area contributed by atoms with Gasteiger partial charge in [-0.2, -0.15) is 0 Å². The van der Waals surface area contributed by atoms with Gasteiger partial charge in [-0.05, 0) is 56.4 Å². The van der Waals surface area contributed by atoms with Crippen LogP contribution in [0.15, 0.2) is 48.1 Å². The number of ether oxygens (including phenoxy) is 1. The molecule has 2 N–H and O–H groups in total. The zero-order chi connectivity index (χ0) is 19.2. The van der Waals surface area contributed by atoms with Crippen LogP contribution >= 0.6 is 0 Å². The Kier molecular flexibility index (Phi) is 6.86. The van der Waals surface area contributed by atoms with Crippen molar-refractivity contribution in [2.45, 2.75) is 45.1 Å². The number of allylic oxidation sites excluding steroid dienone is 2. The van der Waals surface area contributed by atoms with Gasteiger partial charge in [0.15, 0.2) is 0 Å². The van der Waals surface area contributed by atoms with Crippen LogP contribution in [0.1, 0.15) is 36.8 Å². The van der Waals surface area contributed by atoms with Crippen LogP contribution in [0, 0.1) is 24.7 Å². The quantitative estimate of drug-likeness (QED) is 0.511. The zero-order valence-corrected chi connectivity index (χ0v) is 16.0. The summed E-state index contributed by atoms with van der Waals surface area (Å²) in [6, 6.07) is 8.62. The van der Waals surface area contributed by atoms with Crippen molar-refractivity contribution in [3.05, 3.63) is 59.2 Å². The summed E-state index contributed by atoms with van der Waals surface area (Å²) in [6.07, 6.45) is 11.1. The highest BCUT2D eigenvalue weighted by Crippen LogP contribution is 2.47. The third-order valence-electron chi connectivity index (χ3n) is 5.78. The molecule has 1 aromatic carbocycles. The summed E-state index contributed by atoms with van der Waals surface area (Å²) >= 11 is 0. The third-order valence-corrected chi connectivity index (χ3v) is 5.78. The van der Waals surface area contributed by atoms with Crippen molar-refractivity contribution < 1.29 is 19.7 Å². The second-order valence-electron chi connectivity index (χ2n) is 7.89. The van der Waals surface area contributed by atoms with Gasteiger partial charge in [0.25, 0.3) is 0 Å². The number of carboxylic acids is 1. The van der Waals surface area contributed by atoms with E-state index in [-0.39, 0.29) is 18.6 Å². The van der Waals surface area contributed by atoms with Crippen LogP contribution in [-0.4, -0.2) is 35.5 Å². The molecule has 0 unspecified atom stereocenters. The number of carboxylic acid groups (broad SMARTS) is 1. The Morgan fingerprint density at radius 2 is 2.19 bits per heavy atom. The van der Waals surface area contributed by atoms with Crippen LogP contribution in [0.4, 0.5) is 0 Å². The van der Waals surface area contributed by atoms with E-state index in [1.807, 2.05) is 0 Å². The van der Waals surface area contributed by atoms with Gasteiger partial charge in [0.2, 0.25) is 0 Å². The Labute approximate surface area is 161 Å². The van der Waals surface area contributed by atoms with E-state index in [0.29, 0.717) is 18.4 Å². The molecule has 1 saturated carbocycles. The van der Waals surface area contributed by atoms with Crippen LogP contribution in [0.2, 0.25) is 0 Å². The van der Waals surface area contributed by atoms with E-state index in [1.165, 1.54) is 16.7 Å². The standard InChI is InChI=1S/C23H30O4/c1-16-5-4-7-17(11-16)6-2-3-8-20-21-13-18(9-10-27-15-23(25)26)12-19(21)14-22(20)24/h3-5,7-8,11-12,19-22,24H,2,6,9-10,13-15H2,1H3,(H,25,26)/b8-3+/t19-,20+,21-,22+/m0/s1. The number of hydrogen-bond donors (Lipinski definition) is 2. The number of hydrogen-bond acceptors (Lipinski definition) is 3. The van der Waals surface area contributed by atoms with Crippen LogP contribution in [0.3, 0.4) is 0 Å². The first-order valence-electron chi connectivity index (χ1n) is 9.92. The molecule has 4 heteroatoms. The number of aliphatic carboxylic acids is 1. The average Bonchev–Trinajstić information content (AvgIpc) is 3.13. The minimum Gasteiger partial charge on any atom is -0.480 e. The van der Waals surface area contributed by atoms with Crippen molar-refractivity contribution >= 4 is 5.97 Å². The van der Waals surface area contributed by atoms with Crippen molar-refractivity contribution in [2.75, 3.05) is 13.2 Å². The average molecular weight is 370 g/mol. The van der Waals surface area contributed by atoms with E-state index in [9.17, 15) is 9.90 Å². The fourth-order valence-corrected chi connectivity index (χ4v) is 4.52. The number of aryl methyl sites for hydroxylation is 2. The van der Waals surface area contributed by atoms with Crippen LogP contribution in [0.25, 0.3) is 0 Å². The molecule has 0 aliphatic heterocycles. The number of aliphatic hydroxyl groups excluding tert-OH is 1. The maximum Gasteiger partial charge on any atom is 0.329 e. The monoisotopic (exact) mass is 370 g/mol. The summed E-state index contributed by atoms with van der Waals surface area (Å²) in [7, 11) is 0. The molecule has 0 bridgehead atoms. The maximum absolute atomic E-state index is 10.5. The molecule has 0 heterocycles. The molecule has 27 heavy (non-hydrogen) atoms. The number of carbonyl (C=O) groups is 1. The molecule has 0 amide bonds. The topological polar surface area (TPSA) is 66.8 Å². The predicted octanol–water partition coefficient (Wildman–Crippen LogP) is 3.92. The molecule has 0 spiro atoms. The molecule has 0 aromatic heterocycles. The molecule has 4 nitrogen and oxygen atoms in total. The fraction of sp³-hybridized carbons (Fsp3) is 0.522. The molecule has 1 fully saturated rings. The van der Waals surface area contributed by atoms with E-state index in [4.69, 9.17) is 9.84 Å². The van der Waals surface area contributed by atoms with Gasteiger partial charge in [0.05, 0.1) is 12.7 Å². The molecule has 0 saturated heterocycles. The third kappa shape index (κ3) is 5.53. The van der Waals surface area contributed by atoms with Gasteiger partial charge in [0, 0.05) is 5.92 Å². The van der Waals surface area contributed by atoms with Crippen LogP contribution in [0.5, 0.6) is 0 Å². The molecule has 146 valence electrons. The van der Waals surface area contributed by atoms with Crippen molar-refractivity contribution in [1.29, 1.82) is 0 Å². The van der Waals surface area contributed by atoms with E-state index in [0.717, 1.165) is 32.1 Å². The van der Waals surface area contributed by atoms with E-state index < -0.39 is 5.97 Å². The summed E-state index contributed by atoms with van der Waals surface area (Å²) < 4.78 is 5.15. The first-order chi connectivity index (χ1) is 13.0. The van der Waals surface area contributed by atoms with Crippen molar-refractivity contribution in [2.24, 2.45) is 17.8 Å². The molecule has 1 aromatic rings. The second kappa shape index (κ2) is 9.34. The Morgan fingerprint density at radius 1 is 1.33 bits per heavy atom. The highest BCUT2D eigenvalue weighted by molar-refractivity contribution is 5.67. The van der Waals surface area contributed by atoms with Gasteiger partial charge in [-0.1, -0.05) is 53.6 Å². The van der Waals surface area contributed by atoms with E-state index in [2.05, 4.69) is 49.4 Å². The van der Waals surface area contributed by atoms with Crippen molar-refractivity contribution in [3.63, 3.8) is 0 Å². The molecule has 2 aliphatic carbocycles. The zero-order valence-electron chi connectivity index (χ0n) is 16.0. The van der Waals surface area contributed by atoms with Gasteiger partial charge in [-0.3, -0.25) is 0 Å². The summed E-state index contributed by atoms with van der Waals surface area (Å²) in [6.45, 7) is 2.34. The molecule has 4 atom stereocenters. The van der Waals surface area contributed by atoms with Gasteiger partial charge in [-0.25, -0.2) is 4.79 Å². The van der Waals surface area contributed by atoms with Crippen LogP contribution < -0.4 is 0 Å². The minimum absolute atomic E-state index is 0.223. The van der Waals surface area contributed by atoms with Crippen LogP contribution in [-0.2, 0) is 16.0 Å². The van der Waals surface area contributed by atoms with Crippen molar-refractivity contribution in [1.82, 2.24) is 0 Å². The SMILES string of the molecule is Cc1cccc(CC/C=C/[C@@H]2[C@H]3CC(CCOCC(=O)O)=C[C@H]3C[C@H]2O)c1. The summed E-state index contributed by atoms with van der Waals surface area (Å²) in [5.41, 5.74) is 4.00. The lowest BCUT2D eigenvalue weighted by molar-refractivity contribution is -0.142. The molecular formula is C23H30O4. The summed E-state index contributed by atoms with van der Waals surface area (Å²) in [4.78, 5) is 10.5. The lowest BCUT2D eigenvalue weighted by atomic mass is 9.89. The number of aliphatic hydroxyl groups is 1. The largest absolute Gasteiger partial charge is 0.480 e. The Hall–Kier alpha value is -1.91. The lowest BCUT2D eigenvalue weighted by Gasteiger charge is -2.18. The fourth-order valence-electron chi connectivity index (χ4n) is 4.52. The molecule has 0 radical (unpaired) electrons. The van der Waals surface area contributed by atoms with Gasteiger partial charge in [-0.15, -0.1) is 0 Å². The molecule has 3 rings (SSSR count).